The first-order valence-corrected chi connectivity index (χ1v) is 12.0. The van der Waals surface area contributed by atoms with Gasteiger partial charge in [-0.25, -0.2) is 9.37 Å². The summed E-state index contributed by atoms with van der Waals surface area (Å²) in [5.41, 5.74) is 3.14. The molecule has 1 aliphatic rings. The fraction of sp³-hybridized carbons (Fsp3) is 0.321. The van der Waals surface area contributed by atoms with E-state index in [4.69, 9.17) is 4.98 Å². The van der Waals surface area contributed by atoms with Crippen LogP contribution in [-0.4, -0.2) is 48.5 Å². The van der Waals surface area contributed by atoms with Crippen molar-refractivity contribution in [3.05, 3.63) is 83.2 Å². The number of carbonyl (C=O) groups excluding carboxylic acids is 1. The molecule has 180 valence electrons. The molecule has 1 amide bonds. The van der Waals surface area contributed by atoms with Gasteiger partial charge in [0, 0.05) is 24.7 Å². The molecule has 0 radical (unpaired) electrons. The molecule has 1 fully saturated rings. The van der Waals surface area contributed by atoms with Crippen LogP contribution >= 0.6 is 0 Å². The Labute approximate surface area is 205 Å². The van der Waals surface area contributed by atoms with Crippen LogP contribution in [0, 0.1) is 17.1 Å². The highest BCUT2D eigenvalue weighted by Gasteiger charge is 2.21. The van der Waals surface area contributed by atoms with Crippen molar-refractivity contribution in [1.29, 1.82) is 5.26 Å². The summed E-state index contributed by atoms with van der Waals surface area (Å²) < 4.78 is 13.5. The van der Waals surface area contributed by atoms with Crippen molar-refractivity contribution < 1.29 is 9.18 Å². The van der Waals surface area contributed by atoms with E-state index < -0.39 is 0 Å². The van der Waals surface area contributed by atoms with Crippen LogP contribution in [0.2, 0.25) is 0 Å². The number of pyridine rings is 1. The van der Waals surface area contributed by atoms with Crippen LogP contribution in [0.25, 0.3) is 11.3 Å². The number of piperidine rings is 1. The van der Waals surface area contributed by atoms with Gasteiger partial charge in [0.25, 0.3) is 5.91 Å². The first-order valence-electron chi connectivity index (χ1n) is 12.0. The molecular weight excluding hydrogens is 441 g/mol. The van der Waals surface area contributed by atoms with Crippen molar-refractivity contribution in [2.45, 2.75) is 31.7 Å². The fourth-order valence-corrected chi connectivity index (χ4v) is 4.46. The molecule has 2 aromatic carbocycles. The summed E-state index contributed by atoms with van der Waals surface area (Å²) in [6.07, 6.45) is 4.01. The van der Waals surface area contributed by atoms with E-state index in [0.717, 1.165) is 18.5 Å². The summed E-state index contributed by atoms with van der Waals surface area (Å²) in [4.78, 5) is 20.2. The van der Waals surface area contributed by atoms with E-state index in [2.05, 4.69) is 28.7 Å². The van der Waals surface area contributed by atoms with Crippen LogP contribution < -0.4 is 10.6 Å². The maximum absolute atomic E-state index is 13.5. The molecule has 7 heteroatoms. The minimum Gasteiger partial charge on any atom is -0.369 e. The molecule has 2 N–H and O–H groups in total. The number of rotatable bonds is 8. The van der Waals surface area contributed by atoms with E-state index >= 15 is 0 Å². The summed E-state index contributed by atoms with van der Waals surface area (Å²) in [6.45, 7) is 2.10. The van der Waals surface area contributed by atoms with Crippen LogP contribution in [0.3, 0.4) is 0 Å². The monoisotopic (exact) mass is 471 g/mol. The third kappa shape index (κ3) is 6.23. The van der Waals surface area contributed by atoms with Gasteiger partial charge in [-0.1, -0.05) is 36.8 Å². The van der Waals surface area contributed by atoms with Crippen molar-refractivity contribution in [3.8, 4) is 17.3 Å². The van der Waals surface area contributed by atoms with Crippen molar-refractivity contribution in [3.63, 3.8) is 0 Å². The van der Waals surface area contributed by atoms with Gasteiger partial charge in [-0.3, -0.25) is 4.79 Å². The third-order valence-corrected chi connectivity index (χ3v) is 6.48. The molecule has 3 aromatic rings. The Kier molecular flexibility index (Phi) is 8.07. The number of hydrogen-bond acceptors (Lipinski definition) is 5. The van der Waals surface area contributed by atoms with Gasteiger partial charge in [0.15, 0.2) is 0 Å². The third-order valence-electron chi connectivity index (χ3n) is 6.48. The molecule has 0 bridgehead atoms. The highest BCUT2D eigenvalue weighted by molar-refractivity contribution is 5.99. The Morgan fingerprint density at radius 3 is 2.83 bits per heavy atom. The summed E-state index contributed by atoms with van der Waals surface area (Å²) in [6, 6.07) is 19.8. The number of benzene rings is 2. The highest BCUT2D eigenvalue weighted by Crippen LogP contribution is 2.25. The first kappa shape index (κ1) is 24.4. The summed E-state index contributed by atoms with van der Waals surface area (Å²) in [7, 11) is 2.10. The van der Waals surface area contributed by atoms with Gasteiger partial charge >= 0.3 is 0 Å². The number of nitriles is 1. The first-order chi connectivity index (χ1) is 17.0. The van der Waals surface area contributed by atoms with E-state index in [1.54, 1.807) is 24.3 Å². The number of likely N-dealkylation sites (tertiary alicyclic amines) is 1. The number of hydrogen-bond donors (Lipinski definition) is 2. The molecule has 6 nitrogen and oxygen atoms in total. The van der Waals surface area contributed by atoms with E-state index in [1.165, 1.54) is 25.0 Å². The Morgan fingerprint density at radius 2 is 2.03 bits per heavy atom. The van der Waals surface area contributed by atoms with E-state index in [-0.39, 0.29) is 11.7 Å². The van der Waals surface area contributed by atoms with E-state index in [9.17, 15) is 14.4 Å². The van der Waals surface area contributed by atoms with Gasteiger partial charge in [-0.15, -0.1) is 0 Å². The zero-order valence-electron chi connectivity index (χ0n) is 19.9. The quantitative estimate of drug-likeness (QED) is 0.501. The second kappa shape index (κ2) is 11.6. The lowest BCUT2D eigenvalue weighted by Crippen LogP contribution is -2.44. The topological polar surface area (TPSA) is 81.1 Å². The maximum Gasteiger partial charge on any atom is 0.255 e. The number of amides is 1. The highest BCUT2D eigenvalue weighted by atomic mass is 19.1. The van der Waals surface area contributed by atoms with Crippen molar-refractivity contribution in [2.24, 2.45) is 0 Å². The molecule has 1 aromatic heterocycles. The number of nitrogens with zero attached hydrogens (tertiary/aromatic N) is 3. The maximum atomic E-state index is 13.5. The number of aromatic nitrogens is 1. The Hall–Kier alpha value is -3.76. The van der Waals surface area contributed by atoms with E-state index in [0.29, 0.717) is 53.8 Å². The lowest BCUT2D eigenvalue weighted by atomic mass is 10.0. The molecule has 4 rings (SSSR count). The van der Waals surface area contributed by atoms with Crippen LogP contribution in [0.4, 0.5) is 10.2 Å². The minimum absolute atomic E-state index is 0.190. The average molecular weight is 472 g/mol. The molecule has 0 unspecified atom stereocenters. The molecular formula is C28H30FN5O. The molecule has 0 saturated carbocycles. The lowest BCUT2D eigenvalue weighted by molar-refractivity contribution is 0.0929. The Morgan fingerprint density at radius 1 is 1.17 bits per heavy atom. The second-order valence-corrected chi connectivity index (χ2v) is 8.90. The van der Waals surface area contributed by atoms with Crippen LogP contribution in [-0.2, 0) is 6.42 Å². The van der Waals surface area contributed by atoms with Gasteiger partial charge in [0.2, 0.25) is 0 Å². The van der Waals surface area contributed by atoms with Gasteiger partial charge in [0.05, 0.1) is 22.9 Å². The number of carbonyl (C=O) groups is 1. The zero-order chi connectivity index (χ0) is 24.6. The molecule has 1 atom stereocenters. The lowest BCUT2D eigenvalue weighted by Gasteiger charge is -2.32. The smallest absolute Gasteiger partial charge is 0.255 e. The minimum atomic E-state index is -0.275. The van der Waals surface area contributed by atoms with Crippen molar-refractivity contribution in [1.82, 2.24) is 15.2 Å². The normalized spacial score (nSPS) is 15.9. The average Bonchev–Trinajstić information content (AvgIpc) is 2.88. The second-order valence-electron chi connectivity index (χ2n) is 8.90. The SMILES string of the molecule is CN1CCCC[C@@H]1CNC(=O)c1ccc(-c2ccccc2C#N)nc1NCCc1cccc(F)c1. The van der Waals surface area contributed by atoms with Gasteiger partial charge in [-0.05, 0) is 68.8 Å². The largest absolute Gasteiger partial charge is 0.369 e. The molecule has 2 heterocycles. The van der Waals surface area contributed by atoms with Crippen molar-refractivity contribution >= 4 is 11.7 Å². The number of anilines is 1. The number of halogens is 1. The fourth-order valence-electron chi connectivity index (χ4n) is 4.46. The molecule has 1 saturated heterocycles. The zero-order valence-corrected chi connectivity index (χ0v) is 19.9. The molecule has 0 aliphatic carbocycles. The van der Waals surface area contributed by atoms with Crippen LogP contribution in [0.15, 0.2) is 60.7 Å². The van der Waals surface area contributed by atoms with Crippen LogP contribution in [0.1, 0.15) is 40.7 Å². The predicted molar refractivity (Wildman–Crippen MR) is 136 cm³/mol. The van der Waals surface area contributed by atoms with E-state index in [1.807, 2.05) is 24.3 Å². The van der Waals surface area contributed by atoms with Crippen LogP contribution in [0.5, 0.6) is 0 Å². The number of nitrogens with one attached hydrogen (secondary N) is 2. The molecule has 1 aliphatic heterocycles. The molecule has 0 spiro atoms. The predicted octanol–water partition coefficient (Wildman–Crippen LogP) is 4.63. The van der Waals surface area contributed by atoms with Crippen molar-refractivity contribution in [2.75, 3.05) is 32.0 Å². The summed E-state index contributed by atoms with van der Waals surface area (Å²) in [5.74, 6) is -0.0190. The van der Waals surface area contributed by atoms with Gasteiger partial charge in [0.1, 0.15) is 11.6 Å². The number of likely N-dealkylation sites (N-methyl/N-ethyl adjacent to an activating group) is 1. The van der Waals surface area contributed by atoms with Gasteiger partial charge in [-0.2, -0.15) is 5.26 Å². The molecule has 35 heavy (non-hydrogen) atoms. The Bertz CT molecular complexity index is 1220. The standard InChI is InChI=1S/C28H30FN5O/c1-34-16-5-4-10-23(34)19-32-28(35)25-12-13-26(24-11-3-2-8-21(24)18-30)33-27(25)31-15-14-20-7-6-9-22(29)17-20/h2-3,6-9,11-13,17,23H,4-5,10,14-16,19H2,1H3,(H,31,33)(H,32,35)/t23-/m1/s1. The van der Waals surface area contributed by atoms with Gasteiger partial charge < -0.3 is 15.5 Å². The summed E-state index contributed by atoms with van der Waals surface area (Å²) in [5, 5.41) is 15.8. The summed E-state index contributed by atoms with van der Waals surface area (Å²) >= 11 is 0. The Balaban J connectivity index is 1.55.